The molecule has 0 amide bonds. The summed E-state index contributed by atoms with van der Waals surface area (Å²) in [6, 6.07) is 34.9. The zero-order valence-electron chi connectivity index (χ0n) is 44.1. The van der Waals surface area contributed by atoms with Gasteiger partial charge in [-0.05, 0) is 181 Å². The van der Waals surface area contributed by atoms with Crippen LogP contribution in [0.5, 0.6) is 0 Å². The average Bonchev–Trinajstić information content (AvgIpc) is 3.33. The first-order valence-electron chi connectivity index (χ1n) is 25.2. The zero-order chi connectivity index (χ0) is 49.4. The van der Waals surface area contributed by atoms with E-state index >= 15 is 0 Å². The lowest BCUT2D eigenvalue weighted by Crippen LogP contribution is -2.06. The van der Waals surface area contributed by atoms with E-state index in [-0.39, 0.29) is 0 Å². The van der Waals surface area contributed by atoms with E-state index in [1.54, 1.807) is 0 Å². The van der Waals surface area contributed by atoms with Gasteiger partial charge in [0.25, 0.3) is 0 Å². The summed E-state index contributed by atoms with van der Waals surface area (Å²) in [5.41, 5.74) is 23.6. The Morgan fingerprint density at radius 2 is 0.574 bits per heavy atom. The van der Waals surface area contributed by atoms with Gasteiger partial charge in [-0.3, -0.25) is 20.0 Å². The Bertz CT molecular complexity index is 2580. The third-order valence-electron chi connectivity index (χ3n) is 13.2. The molecule has 6 rings (SSSR count). The Labute approximate surface area is 409 Å². The maximum Gasteiger partial charge on any atom is 0.0849 e. The third-order valence-corrected chi connectivity index (χ3v) is 13.2. The average molecular weight is 905 g/mol. The van der Waals surface area contributed by atoms with Crippen LogP contribution in [0.4, 0.5) is 22.7 Å². The second-order valence-corrected chi connectivity index (χ2v) is 19.5. The van der Waals surface area contributed by atoms with Crippen LogP contribution in [-0.2, 0) is 25.7 Å². The molecule has 0 aliphatic heterocycles. The van der Waals surface area contributed by atoms with Gasteiger partial charge in [-0.2, -0.15) is 0 Å². The van der Waals surface area contributed by atoms with Gasteiger partial charge in [-0.25, -0.2) is 9.97 Å². The fourth-order valence-electron chi connectivity index (χ4n) is 9.08. The van der Waals surface area contributed by atoms with Crippen molar-refractivity contribution >= 4 is 45.6 Å². The van der Waals surface area contributed by atoms with Crippen LogP contribution in [0.2, 0.25) is 0 Å². The predicted octanol–water partition coefficient (Wildman–Crippen LogP) is 17.4. The van der Waals surface area contributed by atoms with Gasteiger partial charge in [0.2, 0.25) is 0 Å². The van der Waals surface area contributed by atoms with Crippen molar-refractivity contribution in [3.05, 3.63) is 164 Å². The van der Waals surface area contributed by atoms with Crippen LogP contribution >= 0.6 is 0 Å². The molecule has 0 aliphatic carbocycles. The van der Waals surface area contributed by atoms with Crippen LogP contribution in [-0.4, -0.2) is 32.8 Å². The summed E-state index contributed by atoms with van der Waals surface area (Å²) >= 11 is 0. The van der Waals surface area contributed by atoms with E-state index in [1.807, 2.05) is 0 Å². The maximum absolute atomic E-state index is 5.35. The number of pyridine rings is 2. The van der Waals surface area contributed by atoms with Crippen molar-refractivity contribution in [2.24, 2.45) is 20.0 Å². The number of para-hydroxylation sites is 2. The molecule has 0 unspecified atom stereocenters. The second-order valence-electron chi connectivity index (χ2n) is 19.5. The Balaban J connectivity index is 1.33. The van der Waals surface area contributed by atoms with Crippen LogP contribution in [0.3, 0.4) is 0 Å². The lowest BCUT2D eigenvalue weighted by Gasteiger charge is -2.18. The van der Waals surface area contributed by atoms with E-state index in [9.17, 15) is 0 Å². The minimum Gasteiger partial charge on any atom is -0.251 e. The summed E-state index contributed by atoms with van der Waals surface area (Å²) in [5.74, 6) is 1.47. The maximum atomic E-state index is 5.35. The number of aliphatic imine (C=N–C) groups is 4. The van der Waals surface area contributed by atoms with Gasteiger partial charge in [0.1, 0.15) is 0 Å². The van der Waals surface area contributed by atoms with Crippen LogP contribution in [0.1, 0.15) is 202 Å². The molecule has 0 atom stereocenters. The number of aryl methyl sites for hydroxylation is 4. The molecule has 0 aliphatic rings. The summed E-state index contributed by atoms with van der Waals surface area (Å²) < 4.78 is 0. The normalized spacial score (nSPS) is 12.9. The van der Waals surface area contributed by atoms with Gasteiger partial charge in [-0.15, -0.1) is 0 Å². The molecule has 0 saturated carbocycles. The predicted molar refractivity (Wildman–Crippen MR) is 295 cm³/mol. The van der Waals surface area contributed by atoms with Gasteiger partial charge in [0, 0.05) is 0 Å². The Hall–Kier alpha value is -6.14. The summed E-state index contributed by atoms with van der Waals surface area (Å²) in [6.45, 7) is 35.1. The molecule has 0 radical (unpaired) electrons. The van der Waals surface area contributed by atoms with E-state index in [1.165, 1.54) is 55.6 Å². The molecule has 6 heteroatoms. The van der Waals surface area contributed by atoms with Gasteiger partial charge in [-0.1, -0.05) is 132 Å². The zero-order valence-corrected chi connectivity index (χ0v) is 44.1. The van der Waals surface area contributed by atoms with E-state index < -0.39 is 0 Å². The molecular weight excluding hydrogens is 829 g/mol. The molecule has 68 heavy (non-hydrogen) atoms. The number of nitrogens with zero attached hydrogens (tertiary/aromatic N) is 6. The van der Waals surface area contributed by atoms with Crippen LogP contribution in [0, 0.1) is 0 Å². The van der Waals surface area contributed by atoms with Crippen molar-refractivity contribution in [2.75, 3.05) is 0 Å². The third kappa shape index (κ3) is 11.6. The smallest absolute Gasteiger partial charge is 0.0849 e. The summed E-state index contributed by atoms with van der Waals surface area (Å²) in [5, 5.41) is 0. The fraction of sp³-hybridized carbons (Fsp3) is 0.387. The van der Waals surface area contributed by atoms with Gasteiger partial charge < -0.3 is 0 Å². The van der Waals surface area contributed by atoms with Crippen molar-refractivity contribution in [3.63, 3.8) is 0 Å². The Kier molecular flexibility index (Phi) is 17.2. The first-order valence-corrected chi connectivity index (χ1v) is 25.2. The molecular formula is C62H76N6. The summed E-state index contributed by atoms with van der Waals surface area (Å²) in [7, 11) is 0. The van der Waals surface area contributed by atoms with Crippen molar-refractivity contribution in [1.82, 2.24) is 9.97 Å². The fourth-order valence-corrected chi connectivity index (χ4v) is 9.08. The molecule has 0 N–H and O–H groups in total. The van der Waals surface area contributed by atoms with Crippen molar-refractivity contribution in [1.29, 1.82) is 0 Å². The number of aromatic nitrogens is 2. The van der Waals surface area contributed by atoms with Crippen molar-refractivity contribution in [3.8, 4) is 11.1 Å². The highest BCUT2D eigenvalue weighted by Gasteiger charge is 2.19. The quantitative estimate of drug-likeness (QED) is 0.0855. The SMILES string of the molecule is CCc1cc(-c2cc(CC)c(N=C(C)c3cccc(C(C)=Nc4c(C(C)C)cccc4C(C)C)n3)c(CC)c2)cc(CC)c1N=C(C)c1cccc(C(C)=Nc2c(C(C)C)cccc2C(C)C)n1. The van der Waals surface area contributed by atoms with E-state index in [2.05, 4.69) is 208 Å². The van der Waals surface area contributed by atoms with Gasteiger partial charge in [0.15, 0.2) is 0 Å². The minimum absolute atomic E-state index is 0.368. The van der Waals surface area contributed by atoms with Gasteiger partial charge >= 0.3 is 0 Å². The lowest BCUT2D eigenvalue weighted by atomic mass is 9.91. The van der Waals surface area contributed by atoms with Gasteiger partial charge in [0.05, 0.1) is 68.4 Å². The molecule has 0 saturated heterocycles. The molecule has 2 heterocycles. The first kappa shape index (κ1) is 51.3. The molecule has 2 aromatic heterocycles. The molecule has 4 aromatic carbocycles. The number of rotatable bonds is 17. The number of benzene rings is 4. The highest BCUT2D eigenvalue weighted by atomic mass is 14.9. The molecule has 354 valence electrons. The first-order chi connectivity index (χ1) is 32.5. The Morgan fingerprint density at radius 3 is 0.794 bits per heavy atom. The van der Waals surface area contributed by atoms with Crippen molar-refractivity contribution < 1.29 is 0 Å². The van der Waals surface area contributed by atoms with Crippen LogP contribution in [0.15, 0.2) is 117 Å². The van der Waals surface area contributed by atoms with E-state index in [0.29, 0.717) is 23.7 Å². The van der Waals surface area contributed by atoms with Crippen LogP contribution in [0.25, 0.3) is 11.1 Å². The largest absolute Gasteiger partial charge is 0.251 e. The highest BCUT2D eigenvalue weighted by Crippen LogP contribution is 2.39. The molecule has 6 nitrogen and oxygen atoms in total. The standard InChI is InChI=1S/C62H76N6/c1-17-45-33-49(34-46(18-2)59(45)63-41(13)55-29-23-31-57(67-55)43(15)65-61-51(37(5)6)25-21-26-52(61)38(7)8)50-35-47(19-3)60(48(20-4)36-50)64-42(14)56-30-24-32-58(68-56)44(16)66-62-53(39(9)10)27-22-28-54(62)40(11)12/h21-40H,17-20H2,1-16H3. The lowest BCUT2D eigenvalue weighted by molar-refractivity contribution is 0.834. The highest BCUT2D eigenvalue weighted by molar-refractivity contribution is 6.04. The van der Waals surface area contributed by atoms with E-state index in [0.717, 1.165) is 94.1 Å². The molecule has 6 aromatic rings. The Morgan fingerprint density at radius 1 is 0.353 bits per heavy atom. The summed E-state index contributed by atoms with van der Waals surface area (Å²) in [6.07, 6.45) is 3.45. The van der Waals surface area contributed by atoms with Crippen LogP contribution < -0.4 is 0 Å². The monoisotopic (exact) mass is 905 g/mol. The van der Waals surface area contributed by atoms with Crippen molar-refractivity contribution in [2.45, 2.75) is 160 Å². The molecule has 0 bridgehead atoms. The molecule has 0 fully saturated rings. The number of hydrogen-bond donors (Lipinski definition) is 0. The van der Waals surface area contributed by atoms with E-state index in [4.69, 9.17) is 29.9 Å². The minimum atomic E-state index is 0.368. The topological polar surface area (TPSA) is 75.2 Å². The molecule has 0 spiro atoms. The summed E-state index contributed by atoms with van der Waals surface area (Å²) in [4.78, 5) is 31.5. The second kappa shape index (κ2) is 22.8. The number of hydrogen-bond acceptors (Lipinski definition) is 6.